The molecule has 2 aliphatic heterocycles. The number of hydrogen-bond donors (Lipinski definition) is 0. The van der Waals surface area contributed by atoms with Crippen molar-refractivity contribution in [3.63, 3.8) is 0 Å². The van der Waals surface area contributed by atoms with Crippen molar-refractivity contribution < 1.29 is 9.59 Å². The van der Waals surface area contributed by atoms with Gasteiger partial charge in [-0.05, 0) is 67.9 Å². The van der Waals surface area contributed by atoms with Crippen LogP contribution in [-0.2, 0) is 38.0 Å². The van der Waals surface area contributed by atoms with Crippen molar-refractivity contribution in [2.75, 3.05) is 13.1 Å². The molecular formula is C37H39N9O2. The van der Waals surface area contributed by atoms with Gasteiger partial charge < -0.3 is 14.4 Å². The molecule has 1 aromatic carbocycles. The van der Waals surface area contributed by atoms with Gasteiger partial charge in [-0.15, -0.1) is 5.10 Å². The summed E-state index contributed by atoms with van der Waals surface area (Å²) in [6.45, 7) is 3.84. The van der Waals surface area contributed by atoms with Crippen molar-refractivity contribution in [2.45, 2.75) is 70.6 Å². The summed E-state index contributed by atoms with van der Waals surface area (Å²) >= 11 is 0. The van der Waals surface area contributed by atoms with E-state index in [9.17, 15) is 9.59 Å². The normalized spacial score (nSPS) is 17.6. The summed E-state index contributed by atoms with van der Waals surface area (Å²) < 4.78 is 6.07. The van der Waals surface area contributed by atoms with Crippen LogP contribution in [0.1, 0.15) is 77.4 Å². The lowest BCUT2D eigenvalue weighted by molar-refractivity contribution is -0.131. The molecule has 2 saturated carbocycles. The van der Waals surface area contributed by atoms with Crippen molar-refractivity contribution in [3.05, 3.63) is 89.4 Å². The number of rotatable bonds is 9. The Balaban J connectivity index is 1.13. The lowest BCUT2D eigenvalue weighted by Gasteiger charge is -2.28. The maximum atomic E-state index is 14.2. The van der Waals surface area contributed by atoms with Crippen LogP contribution in [0.2, 0.25) is 0 Å². The van der Waals surface area contributed by atoms with Gasteiger partial charge in [0.1, 0.15) is 0 Å². The Morgan fingerprint density at radius 2 is 1.88 bits per heavy atom. The van der Waals surface area contributed by atoms with Crippen molar-refractivity contribution >= 4 is 28.3 Å². The number of amides is 2. The van der Waals surface area contributed by atoms with E-state index in [1.54, 1.807) is 17.1 Å². The fourth-order valence-electron chi connectivity index (χ4n) is 7.56. The smallest absolute Gasteiger partial charge is 0.254 e. The predicted molar refractivity (Wildman–Crippen MR) is 180 cm³/mol. The SMILES string of the molecule is Cn1ncc2c1CN(C(=O)c1cc(-c3cccnc3C3CC3)c3c(c1)cc(C1=CCCN(C(=O)CCn4ccnn4)C1)n3CC1CC1)C2. The van der Waals surface area contributed by atoms with E-state index >= 15 is 0 Å². The van der Waals surface area contributed by atoms with E-state index in [1.807, 2.05) is 40.0 Å². The van der Waals surface area contributed by atoms with Crippen molar-refractivity contribution in [2.24, 2.45) is 13.0 Å². The van der Waals surface area contributed by atoms with Gasteiger partial charge in [0.25, 0.3) is 5.91 Å². The number of nitrogens with zero attached hydrogens (tertiary/aromatic N) is 9. The average molecular weight is 642 g/mol. The van der Waals surface area contributed by atoms with E-state index in [0.717, 1.165) is 70.5 Å². The maximum absolute atomic E-state index is 14.2. The number of hydrogen-bond acceptors (Lipinski definition) is 6. The van der Waals surface area contributed by atoms with Crippen molar-refractivity contribution in [1.29, 1.82) is 0 Å². The van der Waals surface area contributed by atoms with E-state index in [4.69, 9.17) is 4.98 Å². The van der Waals surface area contributed by atoms with Gasteiger partial charge in [-0.3, -0.25) is 23.9 Å². The number of benzene rings is 1. The molecule has 48 heavy (non-hydrogen) atoms. The summed E-state index contributed by atoms with van der Waals surface area (Å²) in [4.78, 5) is 36.4. The number of carbonyl (C=O) groups is 2. The highest BCUT2D eigenvalue weighted by molar-refractivity contribution is 6.05. The number of carbonyl (C=O) groups excluding carboxylic acids is 2. The third-order valence-electron chi connectivity index (χ3n) is 10.5. The van der Waals surface area contributed by atoms with Gasteiger partial charge in [0.15, 0.2) is 0 Å². The van der Waals surface area contributed by atoms with E-state index in [0.29, 0.717) is 56.5 Å². The third-order valence-corrected chi connectivity index (χ3v) is 10.5. The molecule has 0 saturated heterocycles. The van der Waals surface area contributed by atoms with Crippen LogP contribution < -0.4 is 0 Å². The maximum Gasteiger partial charge on any atom is 0.254 e. The predicted octanol–water partition coefficient (Wildman–Crippen LogP) is 5.18. The molecule has 0 atom stereocenters. The Bertz CT molecular complexity index is 2080. The van der Waals surface area contributed by atoms with E-state index < -0.39 is 0 Å². The van der Waals surface area contributed by atoms with Crippen molar-refractivity contribution in [1.82, 2.24) is 44.1 Å². The van der Waals surface area contributed by atoms with Crippen molar-refractivity contribution in [3.8, 4) is 11.1 Å². The monoisotopic (exact) mass is 641 g/mol. The quantitative estimate of drug-likeness (QED) is 0.220. The van der Waals surface area contributed by atoms with Crippen LogP contribution in [0.25, 0.3) is 27.6 Å². The highest BCUT2D eigenvalue weighted by atomic mass is 16.2. The molecule has 0 N–H and O–H groups in total. The minimum absolute atomic E-state index is 0.0312. The van der Waals surface area contributed by atoms with E-state index in [2.05, 4.69) is 50.3 Å². The van der Waals surface area contributed by atoms with Crippen LogP contribution in [-0.4, -0.2) is 69.0 Å². The van der Waals surface area contributed by atoms with Crippen LogP contribution in [0, 0.1) is 5.92 Å². The summed E-state index contributed by atoms with van der Waals surface area (Å²) in [5.41, 5.74) is 9.70. The van der Waals surface area contributed by atoms with Crippen LogP contribution in [0.4, 0.5) is 0 Å². The largest absolute Gasteiger partial charge is 0.340 e. The first-order valence-electron chi connectivity index (χ1n) is 17.2. The van der Waals surface area contributed by atoms with Crippen LogP contribution >= 0.6 is 0 Å². The molecule has 6 heterocycles. The van der Waals surface area contributed by atoms with E-state index in [1.165, 1.54) is 18.4 Å². The zero-order valence-electron chi connectivity index (χ0n) is 27.3. The molecule has 11 heteroatoms. The van der Waals surface area contributed by atoms with Gasteiger partial charge in [-0.25, -0.2) is 0 Å². The molecule has 0 spiro atoms. The lowest BCUT2D eigenvalue weighted by atomic mass is 9.96. The first kappa shape index (κ1) is 29.1. The summed E-state index contributed by atoms with van der Waals surface area (Å²) in [6.07, 6.45) is 15.4. The molecule has 2 fully saturated rings. The molecule has 0 bridgehead atoms. The molecule has 4 aliphatic rings. The average Bonchev–Trinajstić information content (AvgIpc) is 3.94. The van der Waals surface area contributed by atoms with Crippen LogP contribution in [0.15, 0.2) is 61.2 Å². The van der Waals surface area contributed by atoms with E-state index in [-0.39, 0.29) is 11.8 Å². The Morgan fingerprint density at radius 1 is 0.979 bits per heavy atom. The first-order valence-corrected chi connectivity index (χ1v) is 17.2. The van der Waals surface area contributed by atoms with Gasteiger partial charge in [-0.1, -0.05) is 17.4 Å². The second-order valence-corrected chi connectivity index (χ2v) is 13.9. The number of pyridine rings is 1. The molecule has 0 unspecified atom stereocenters. The van der Waals surface area contributed by atoms with Gasteiger partial charge >= 0.3 is 0 Å². The molecule has 0 radical (unpaired) electrons. The van der Waals surface area contributed by atoms with Crippen LogP contribution in [0.5, 0.6) is 0 Å². The topological polar surface area (TPSA) is 107 Å². The molecule has 2 amide bonds. The second kappa shape index (κ2) is 11.6. The zero-order valence-corrected chi connectivity index (χ0v) is 27.3. The summed E-state index contributed by atoms with van der Waals surface area (Å²) in [7, 11) is 1.94. The Hall–Kier alpha value is -5.06. The fourth-order valence-corrected chi connectivity index (χ4v) is 7.56. The fraction of sp³-hybridized carbons (Fsp3) is 0.405. The summed E-state index contributed by atoms with van der Waals surface area (Å²) in [6, 6.07) is 10.7. The Labute approximate surface area is 278 Å². The molecule has 11 nitrogen and oxygen atoms in total. The summed E-state index contributed by atoms with van der Waals surface area (Å²) in [5.74, 6) is 1.25. The van der Waals surface area contributed by atoms with Gasteiger partial charge in [0.05, 0.1) is 42.4 Å². The van der Waals surface area contributed by atoms with Gasteiger partial charge in [0, 0.05) is 91.3 Å². The highest BCUT2D eigenvalue weighted by Gasteiger charge is 2.33. The summed E-state index contributed by atoms with van der Waals surface area (Å²) in [5, 5.41) is 13.3. The Morgan fingerprint density at radius 3 is 2.67 bits per heavy atom. The molecule has 9 rings (SSSR count). The molecule has 244 valence electrons. The van der Waals surface area contributed by atoms with Gasteiger partial charge in [-0.2, -0.15) is 5.10 Å². The Kier molecular flexibility index (Phi) is 7.02. The minimum Gasteiger partial charge on any atom is -0.340 e. The van der Waals surface area contributed by atoms with Gasteiger partial charge in [0.2, 0.25) is 5.91 Å². The molecular weight excluding hydrogens is 602 g/mol. The second-order valence-electron chi connectivity index (χ2n) is 13.9. The lowest BCUT2D eigenvalue weighted by Crippen LogP contribution is -2.36. The first-order chi connectivity index (χ1) is 23.5. The zero-order chi connectivity index (χ0) is 32.4. The standard InChI is InChI=1S/C37H39N9O2/c1-42-33-23-44(22-29(33)19-40-42)37(48)28-16-27-18-32(26-4-3-13-43(21-26)34(47)10-14-45-15-12-39-41-45)46(20-24-6-7-24)36(27)31(17-28)30-5-2-11-38-35(30)25-8-9-25/h2,4-5,11-12,15-19,24-25H,3,6-10,13-14,20-23H2,1H3. The van der Waals surface area contributed by atoms with Crippen LogP contribution in [0.3, 0.4) is 0 Å². The third kappa shape index (κ3) is 5.31. The minimum atomic E-state index is 0.0312. The molecule has 4 aromatic heterocycles. The number of fused-ring (bicyclic) bond motifs is 2. The highest BCUT2D eigenvalue weighted by Crippen LogP contribution is 2.46. The number of aromatic nitrogens is 7. The molecule has 5 aromatic rings. The molecule has 2 aliphatic carbocycles. The number of aryl methyl sites for hydroxylation is 2.